The van der Waals surface area contributed by atoms with Gasteiger partial charge in [-0.2, -0.15) is 0 Å². The van der Waals surface area contributed by atoms with Crippen molar-refractivity contribution in [3.8, 4) is 11.3 Å². The summed E-state index contributed by atoms with van der Waals surface area (Å²) in [6.07, 6.45) is 2.06. The second-order valence-electron chi connectivity index (χ2n) is 6.98. The van der Waals surface area contributed by atoms with Crippen molar-refractivity contribution < 1.29 is 9.59 Å². The van der Waals surface area contributed by atoms with Gasteiger partial charge in [-0.3, -0.25) is 14.9 Å². The number of hydrogen-bond donors (Lipinski definition) is 2. The molecule has 0 aliphatic rings. The fourth-order valence-electron chi connectivity index (χ4n) is 3.10. The molecule has 0 saturated heterocycles. The molecule has 7 heteroatoms. The molecule has 152 valence electrons. The first-order valence-electron chi connectivity index (χ1n) is 9.61. The molecule has 0 spiro atoms. The van der Waals surface area contributed by atoms with Crippen molar-refractivity contribution in [1.82, 2.24) is 10.3 Å². The topological polar surface area (TPSA) is 71.1 Å². The lowest BCUT2D eigenvalue weighted by Crippen LogP contribution is -2.23. The second kappa shape index (κ2) is 9.33. The van der Waals surface area contributed by atoms with Gasteiger partial charge in [-0.1, -0.05) is 37.6 Å². The number of benzene rings is 1. The molecule has 3 rings (SSSR count). The Bertz CT molecular complexity index is 1010. The third-order valence-electron chi connectivity index (χ3n) is 4.61. The molecule has 5 nitrogen and oxygen atoms in total. The van der Waals surface area contributed by atoms with Gasteiger partial charge in [-0.25, -0.2) is 4.98 Å². The minimum absolute atomic E-state index is 0.0429. The number of carbonyl (C=O) groups is 2. The summed E-state index contributed by atoms with van der Waals surface area (Å²) < 4.78 is 0. The molecule has 0 saturated carbocycles. The number of rotatable bonds is 7. The number of nitrogens with one attached hydrogen (secondary N) is 2. The highest BCUT2D eigenvalue weighted by Gasteiger charge is 2.14. The van der Waals surface area contributed by atoms with Crippen LogP contribution in [0.4, 0.5) is 5.13 Å². The fourth-order valence-corrected chi connectivity index (χ4v) is 4.78. The molecule has 0 fully saturated rings. The first-order valence-corrected chi connectivity index (χ1v) is 11.3. The van der Waals surface area contributed by atoms with Crippen LogP contribution in [0.2, 0.25) is 0 Å². The molecule has 0 aliphatic carbocycles. The van der Waals surface area contributed by atoms with E-state index >= 15 is 0 Å². The van der Waals surface area contributed by atoms with Crippen LogP contribution in [0.5, 0.6) is 0 Å². The lowest BCUT2D eigenvalue weighted by molar-refractivity contribution is -0.119. The summed E-state index contributed by atoms with van der Waals surface area (Å²) in [5.41, 5.74) is 4.07. The van der Waals surface area contributed by atoms with Crippen molar-refractivity contribution in [2.75, 3.05) is 5.32 Å². The number of aryl methyl sites for hydroxylation is 2. The Kier molecular flexibility index (Phi) is 6.82. The molecule has 29 heavy (non-hydrogen) atoms. The summed E-state index contributed by atoms with van der Waals surface area (Å²) >= 11 is 2.94. The molecule has 1 atom stereocenters. The number of aromatic nitrogens is 1. The van der Waals surface area contributed by atoms with Crippen LogP contribution in [0.15, 0.2) is 35.7 Å². The van der Waals surface area contributed by atoms with Crippen LogP contribution in [-0.2, 0) is 11.2 Å². The predicted octanol–water partition coefficient (Wildman–Crippen LogP) is 5.58. The average molecular weight is 428 g/mol. The van der Waals surface area contributed by atoms with E-state index in [2.05, 4.69) is 29.5 Å². The maximum absolute atomic E-state index is 12.6. The third kappa shape index (κ3) is 5.31. The molecule has 2 amide bonds. The molecule has 0 radical (unpaired) electrons. The Hall–Kier alpha value is -2.51. The summed E-state index contributed by atoms with van der Waals surface area (Å²) in [5.74, 6) is -0.162. The van der Waals surface area contributed by atoms with E-state index in [1.807, 2.05) is 42.6 Å². The van der Waals surface area contributed by atoms with Crippen molar-refractivity contribution in [2.45, 2.75) is 46.6 Å². The van der Waals surface area contributed by atoms with Gasteiger partial charge in [-0.15, -0.1) is 22.7 Å². The molecule has 2 N–H and O–H groups in total. The van der Waals surface area contributed by atoms with E-state index in [-0.39, 0.29) is 17.9 Å². The monoisotopic (exact) mass is 427 g/mol. The number of amides is 2. The summed E-state index contributed by atoms with van der Waals surface area (Å²) in [7, 11) is 0. The van der Waals surface area contributed by atoms with Gasteiger partial charge in [0.15, 0.2) is 5.13 Å². The first kappa shape index (κ1) is 21.2. The highest BCUT2D eigenvalue weighted by atomic mass is 32.1. The third-order valence-corrected chi connectivity index (χ3v) is 6.46. The highest BCUT2D eigenvalue weighted by Crippen LogP contribution is 2.28. The summed E-state index contributed by atoms with van der Waals surface area (Å²) in [4.78, 5) is 30.3. The van der Waals surface area contributed by atoms with Gasteiger partial charge in [-0.05, 0) is 37.5 Å². The largest absolute Gasteiger partial charge is 0.350 e. The summed E-state index contributed by atoms with van der Waals surface area (Å²) in [6, 6.07) is 9.87. The predicted molar refractivity (Wildman–Crippen MR) is 121 cm³/mol. The summed E-state index contributed by atoms with van der Waals surface area (Å²) in [6.45, 7) is 7.66. The van der Waals surface area contributed by atoms with E-state index < -0.39 is 0 Å². The van der Waals surface area contributed by atoms with Crippen LogP contribution < -0.4 is 10.6 Å². The molecule has 2 heterocycles. The van der Waals surface area contributed by atoms with Crippen LogP contribution in [0.25, 0.3) is 11.3 Å². The molecule has 1 aromatic carbocycles. The number of hydrogen-bond acceptors (Lipinski definition) is 5. The smallest absolute Gasteiger partial charge is 0.267 e. The SMILES string of the molecule is CCCc1cc(C(=O)Nc2nc(-c3ccc(C(C)NC(C)=O)cc3)cs2)sc1C. The van der Waals surface area contributed by atoms with Crippen molar-refractivity contribution in [3.05, 3.63) is 56.6 Å². The number of thiophene rings is 1. The Morgan fingerprint density at radius 3 is 2.59 bits per heavy atom. The van der Waals surface area contributed by atoms with E-state index in [1.54, 1.807) is 0 Å². The maximum atomic E-state index is 12.6. The van der Waals surface area contributed by atoms with Crippen molar-refractivity contribution in [3.63, 3.8) is 0 Å². The Balaban J connectivity index is 1.68. The Morgan fingerprint density at radius 1 is 1.21 bits per heavy atom. The van der Waals surface area contributed by atoms with Crippen LogP contribution in [0.1, 0.15) is 58.9 Å². The molecule has 0 bridgehead atoms. The van der Waals surface area contributed by atoms with Crippen molar-refractivity contribution in [1.29, 1.82) is 0 Å². The standard InChI is InChI=1S/C22H25N3O2S2/c1-5-6-18-11-20(29-14(18)3)21(27)25-22-24-19(12-28-22)17-9-7-16(8-10-17)13(2)23-15(4)26/h7-13H,5-6H2,1-4H3,(H,23,26)(H,24,25,27). The van der Waals surface area contributed by atoms with Gasteiger partial charge in [0.25, 0.3) is 5.91 Å². The molecule has 1 unspecified atom stereocenters. The fraction of sp³-hybridized carbons (Fsp3) is 0.318. The number of thiazole rings is 1. The molecular weight excluding hydrogens is 402 g/mol. The molecule has 2 aromatic heterocycles. The zero-order valence-corrected chi connectivity index (χ0v) is 18.7. The quantitative estimate of drug-likeness (QED) is 0.517. The maximum Gasteiger partial charge on any atom is 0.267 e. The Labute approximate surface area is 179 Å². The lowest BCUT2D eigenvalue weighted by atomic mass is 10.1. The van der Waals surface area contributed by atoms with Crippen LogP contribution in [0, 0.1) is 6.92 Å². The summed E-state index contributed by atoms with van der Waals surface area (Å²) in [5, 5.41) is 8.31. The van der Waals surface area contributed by atoms with Crippen LogP contribution in [-0.4, -0.2) is 16.8 Å². The zero-order valence-electron chi connectivity index (χ0n) is 17.0. The highest BCUT2D eigenvalue weighted by molar-refractivity contribution is 7.15. The van der Waals surface area contributed by atoms with E-state index in [1.165, 1.54) is 40.0 Å². The lowest BCUT2D eigenvalue weighted by Gasteiger charge is -2.12. The molecular formula is C22H25N3O2S2. The number of carbonyl (C=O) groups excluding carboxylic acids is 2. The van der Waals surface area contributed by atoms with Gasteiger partial charge in [0.2, 0.25) is 5.91 Å². The zero-order chi connectivity index (χ0) is 21.0. The molecule has 3 aromatic rings. The molecule has 0 aliphatic heterocycles. The van der Waals surface area contributed by atoms with Gasteiger partial charge in [0.1, 0.15) is 0 Å². The van der Waals surface area contributed by atoms with Gasteiger partial charge < -0.3 is 5.32 Å². The van der Waals surface area contributed by atoms with E-state index in [0.717, 1.165) is 34.5 Å². The van der Waals surface area contributed by atoms with Gasteiger partial charge in [0, 0.05) is 22.7 Å². The van der Waals surface area contributed by atoms with E-state index in [0.29, 0.717) is 5.13 Å². The van der Waals surface area contributed by atoms with E-state index in [4.69, 9.17) is 0 Å². The first-order chi connectivity index (χ1) is 13.9. The van der Waals surface area contributed by atoms with Gasteiger partial charge in [0.05, 0.1) is 16.6 Å². The normalized spacial score (nSPS) is 11.9. The van der Waals surface area contributed by atoms with E-state index in [9.17, 15) is 9.59 Å². The minimum Gasteiger partial charge on any atom is -0.350 e. The van der Waals surface area contributed by atoms with Crippen molar-refractivity contribution >= 4 is 39.6 Å². The van der Waals surface area contributed by atoms with Crippen molar-refractivity contribution in [2.24, 2.45) is 0 Å². The average Bonchev–Trinajstić information content (AvgIpc) is 3.29. The minimum atomic E-state index is -0.110. The van der Waals surface area contributed by atoms with Crippen LogP contribution in [0.3, 0.4) is 0 Å². The Morgan fingerprint density at radius 2 is 1.93 bits per heavy atom. The van der Waals surface area contributed by atoms with Gasteiger partial charge >= 0.3 is 0 Å². The second-order valence-corrected chi connectivity index (χ2v) is 9.09. The van der Waals surface area contributed by atoms with Crippen LogP contribution >= 0.6 is 22.7 Å². The number of nitrogens with zero attached hydrogens (tertiary/aromatic N) is 1. The number of anilines is 1.